The number of nitrogens with two attached hydrogens (primary N) is 1. The first kappa shape index (κ1) is 16.4. The molecule has 0 bridgehead atoms. The Bertz CT molecular complexity index is 359. The lowest BCUT2D eigenvalue weighted by Gasteiger charge is -2.23. The summed E-state index contributed by atoms with van der Waals surface area (Å²) in [5.41, 5.74) is 6.86. The van der Waals surface area contributed by atoms with Gasteiger partial charge >= 0.3 is 0 Å². The Morgan fingerprint density at radius 2 is 1.63 bits per heavy atom. The summed E-state index contributed by atoms with van der Waals surface area (Å²) in [6.07, 6.45) is 2.43. The van der Waals surface area contributed by atoms with Crippen LogP contribution in [0.1, 0.15) is 51.1 Å². The SMILES string of the molecule is Cc1nc(N(CCC(C)C)CCC(C)C)sc1CN. The van der Waals surface area contributed by atoms with Crippen molar-refractivity contribution in [3.8, 4) is 0 Å². The quantitative estimate of drug-likeness (QED) is 0.789. The van der Waals surface area contributed by atoms with E-state index in [-0.39, 0.29) is 0 Å². The van der Waals surface area contributed by atoms with Crippen molar-refractivity contribution in [3.05, 3.63) is 10.6 Å². The first-order chi connectivity index (χ1) is 8.93. The summed E-state index contributed by atoms with van der Waals surface area (Å²) in [6, 6.07) is 0. The van der Waals surface area contributed by atoms with Gasteiger partial charge in [-0.25, -0.2) is 4.98 Å². The molecular weight excluding hydrogens is 254 g/mol. The predicted octanol–water partition coefficient (Wildman–Crippen LogP) is 3.81. The summed E-state index contributed by atoms with van der Waals surface area (Å²) in [6.45, 7) is 14.0. The lowest BCUT2D eigenvalue weighted by Crippen LogP contribution is -2.27. The normalized spacial score (nSPS) is 11.6. The molecule has 0 spiro atoms. The number of hydrogen-bond acceptors (Lipinski definition) is 4. The van der Waals surface area contributed by atoms with Gasteiger partial charge in [0.1, 0.15) is 0 Å². The molecule has 3 nitrogen and oxygen atoms in total. The van der Waals surface area contributed by atoms with Gasteiger partial charge in [-0.05, 0) is 31.6 Å². The zero-order valence-corrected chi connectivity index (χ0v) is 13.9. The van der Waals surface area contributed by atoms with Crippen LogP contribution in [0.5, 0.6) is 0 Å². The third-order valence-electron chi connectivity index (χ3n) is 3.29. The van der Waals surface area contributed by atoms with E-state index in [4.69, 9.17) is 10.7 Å². The minimum Gasteiger partial charge on any atom is -0.348 e. The molecule has 1 aromatic heterocycles. The maximum Gasteiger partial charge on any atom is 0.185 e. The lowest BCUT2D eigenvalue weighted by molar-refractivity contribution is 0.535. The molecule has 1 rings (SSSR count). The minimum atomic E-state index is 0.603. The molecular formula is C15H29N3S. The molecule has 0 radical (unpaired) electrons. The van der Waals surface area contributed by atoms with Gasteiger partial charge < -0.3 is 10.6 Å². The van der Waals surface area contributed by atoms with Gasteiger partial charge in [0, 0.05) is 24.5 Å². The van der Waals surface area contributed by atoms with E-state index in [0.717, 1.165) is 35.8 Å². The Morgan fingerprint density at radius 1 is 1.11 bits per heavy atom. The average Bonchev–Trinajstić information content (AvgIpc) is 2.69. The zero-order chi connectivity index (χ0) is 14.4. The van der Waals surface area contributed by atoms with E-state index >= 15 is 0 Å². The van der Waals surface area contributed by atoms with E-state index in [2.05, 4.69) is 39.5 Å². The van der Waals surface area contributed by atoms with E-state index < -0.39 is 0 Å². The molecule has 0 atom stereocenters. The van der Waals surface area contributed by atoms with Gasteiger partial charge in [-0.1, -0.05) is 27.7 Å². The van der Waals surface area contributed by atoms with Crippen LogP contribution in [-0.4, -0.2) is 18.1 Å². The van der Waals surface area contributed by atoms with E-state index in [0.29, 0.717) is 6.54 Å². The fourth-order valence-corrected chi connectivity index (χ4v) is 2.86. The molecule has 110 valence electrons. The second-order valence-electron chi connectivity index (χ2n) is 6.06. The Morgan fingerprint density at radius 3 is 2.00 bits per heavy atom. The third kappa shape index (κ3) is 5.49. The first-order valence-electron chi connectivity index (χ1n) is 7.35. The van der Waals surface area contributed by atoms with Gasteiger partial charge in [0.05, 0.1) is 5.69 Å². The van der Waals surface area contributed by atoms with Crippen LogP contribution in [0, 0.1) is 18.8 Å². The van der Waals surface area contributed by atoms with Gasteiger partial charge in [-0.3, -0.25) is 0 Å². The van der Waals surface area contributed by atoms with Crippen LogP contribution in [0.25, 0.3) is 0 Å². The maximum absolute atomic E-state index is 5.76. The number of hydrogen-bond donors (Lipinski definition) is 1. The van der Waals surface area contributed by atoms with Crippen molar-refractivity contribution < 1.29 is 0 Å². The van der Waals surface area contributed by atoms with E-state index in [1.807, 2.05) is 0 Å². The van der Waals surface area contributed by atoms with Crippen LogP contribution in [0.15, 0.2) is 0 Å². The van der Waals surface area contributed by atoms with Crippen LogP contribution in [-0.2, 0) is 6.54 Å². The number of rotatable bonds is 8. The monoisotopic (exact) mass is 283 g/mol. The molecule has 0 amide bonds. The van der Waals surface area contributed by atoms with Crippen molar-refractivity contribution in [3.63, 3.8) is 0 Å². The van der Waals surface area contributed by atoms with E-state index in [9.17, 15) is 0 Å². The maximum atomic E-state index is 5.76. The summed E-state index contributed by atoms with van der Waals surface area (Å²) in [5.74, 6) is 1.47. The van der Waals surface area contributed by atoms with Crippen LogP contribution >= 0.6 is 11.3 Å². The minimum absolute atomic E-state index is 0.603. The van der Waals surface area contributed by atoms with Crippen LogP contribution in [0.4, 0.5) is 5.13 Å². The van der Waals surface area contributed by atoms with Crippen molar-refractivity contribution >= 4 is 16.5 Å². The summed E-state index contributed by atoms with van der Waals surface area (Å²) in [7, 11) is 0. The highest BCUT2D eigenvalue weighted by molar-refractivity contribution is 7.15. The summed E-state index contributed by atoms with van der Waals surface area (Å²) >= 11 is 1.76. The first-order valence-corrected chi connectivity index (χ1v) is 8.17. The number of anilines is 1. The number of aryl methyl sites for hydroxylation is 1. The fourth-order valence-electron chi connectivity index (χ4n) is 1.87. The molecule has 0 aliphatic rings. The van der Waals surface area contributed by atoms with Crippen LogP contribution in [0.3, 0.4) is 0 Å². The molecule has 0 unspecified atom stereocenters. The predicted molar refractivity (Wildman–Crippen MR) is 85.9 cm³/mol. The summed E-state index contributed by atoms with van der Waals surface area (Å²) < 4.78 is 0. The molecule has 1 aromatic rings. The largest absolute Gasteiger partial charge is 0.348 e. The van der Waals surface area contributed by atoms with Crippen LogP contribution < -0.4 is 10.6 Å². The lowest BCUT2D eigenvalue weighted by atomic mass is 10.1. The molecule has 0 aromatic carbocycles. The second kappa shape index (κ2) is 7.85. The molecule has 0 fully saturated rings. The molecule has 0 aliphatic heterocycles. The molecule has 0 saturated heterocycles. The van der Waals surface area contributed by atoms with Gasteiger partial charge in [0.25, 0.3) is 0 Å². The van der Waals surface area contributed by atoms with Crippen molar-refractivity contribution in [2.75, 3.05) is 18.0 Å². The van der Waals surface area contributed by atoms with Crippen molar-refractivity contribution in [2.24, 2.45) is 17.6 Å². The Labute approximate surface area is 122 Å². The Balaban J connectivity index is 2.74. The highest BCUT2D eigenvalue weighted by atomic mass is 32.1. The zero-order valence-electron chi connectivity index (χ0n) is 13.1. The Kier molecular flexibility index (Phi) is 6.80. The number of thiazole rings is 1. The molecule has 4 heteroatoms. The molecule has 0 saturated carbocycles. The number of nitrogens with zero attached hydrogens (tertiary/aromatic N) is 2. The smallest absolute Gasteiger partial charge is 0.185 e. The Hall–Kier alpha value is -0.610. The topological polar surface area (TPSA) is 42.2 Å². The molecule has 2 N–H and O–H groups in total. The van der Waals surface area contributed by atoms with E-state index in [1.54, 1.807) is 11.3 Å². The molecule has 19 heavy (non-hydrogen) atoms. The molecule has 0 aliphatic carbocycles. The van der Waals surface area contributed by atoms with Crippen molar-refractivity contribution in [2.45, 2.75) is 54.0 Å². The molecule has 1 heterocycles. The van der Waals surface area contributed by atoms with Gasteiger partial charge in [-0.15, -0.1) is 11.3 Å². The van der Waals surface area contributed by atoms with Crippen molar-refractivity contribution in [1.29, 1.82) is 0 Å². The number of aromatic nitrogens is 1. The standard InChI is InChI=1S/C15H29N3S/c1-11(2)6-8-18(9-7-12(3)4)15-17-13(5)14(10-16)19-15/h11-12H,6-10,16H2,1-5H3. The highest BCUT2D eigenvalue weighted by Gasteiger charge is 2.14. The van der Waals surface area contributed by atoms with E-state index in [1.165, 1.54) is 17.7 Å². The van der Waals surface area contributed by atoms with Gasteiger partial charge in [0.2, 0.25) is 0 Å². The highest BCUT2D eigenvalue weighted by Crippen LogP contribution is 2.26. The fraction of sp³-hybridized carbons (Fsp3) is 0.800. The van der Waals surface area contributed by atoms with Crippen LogP contribution in [0.2, 0.25) is 0 Å². The third-order valence-corrected chi connectivity index (χ3v) is 4.53. The van der Waals surface area contributed by atoms with Gasteiger partial charge in [-0.2, -0.15) is 0 Å². The van der Waals surface area contributed by atoms with Crippen molar-refractivity contribution in [1.82, 2.24) is 4.98 Å². The summed E-state index contributed by atoms with van der Waals surface area (Å²) in [4.78, 5) is 8.36. The second-order valence-corrected chi connectivity index (χ2v) is 7.12. The van der Waals surface area contributed by atoms with Gasteiger partial charge in [0.15, 0.2) is 5.13 Å². The summed E-state index contributed by atoms with van der Waals surface area (Å²) in [5, 5.41) is 1.15. The average molecular weight is 283 g/mol.